The molecule has 0 saturated carbocycles. The molecule has 0 spiro atoms. The van der Waals surface area contributed by atoms with Crippen molar-refractivity contribution in [3.8, 4) is 0 Å². The van der Waals surface area contributed by atoms with Crippen molar-refractivity contribution < 1.29 is 13.2 Å². The lowest BCUT2D eigenvalue weighted by atomic mass is 10.2. The maximum atomic E-state index is 12.8. The van der Waals surface area contributed by atoms with E-state index in [9.17, 15) is 13.2 Å². The second kappa shape index (κ2) is 3.95. The Kier molecular flexibility index (Phi) is 3.04. The molecule has 0 amide bonds. The van der Waals surface area contributed by atoms with E-state index in [1.807, 2.05) is 0 Å². The molecule has 1 aromatic heterocycles. The van der Waals surface area contributed by atoms with Crippen LogP contribution in [0.3, 0.4) is 0 Å². The van der Waals surface area contributed by atoms with Gasteiger partial charge in [0.2, 0.25) is 0 Å². The summed E-state index contributed by atoms with van der Waals surface area (Å²) in [7, 11) is 0. The first-order chi connectivity index (χ1) is 7.34. The van der Waals surface area contributed by atoms with Crippen molar-refractivity contribution in [3.05, 3.63) is 19.0 Å². The predicted octanol–water partition coefficient (Wildman–Crippen LogP) is 4.26. The summed E-state index contributed by atoms with van der Waals surface area (Å²) in [6, 6.07) is 0. The average molecular weight is 424 g/mol. The summed E-state index contributed by atoms with van der Waals surface area (Å²) in [5.74, 6) is 0. The number of benzene rings is 1. The van der Waals surface area contributed by atoms with Crippen LogP contribution in [-0.2, 0) is 6.18 Å². The summed E-state index contributed by atoms with van der Waals surface area (Å²) in [5, 5.41) is 9.69. The summed E-state index contributed by atoms with van der Waals surface area (Å²) in [6.07, 6.45) is -4.48. The molecule has 0 radical (unpaired) electrons. The van der Waals surface area contributed by atoms with E-state index >= 15 is 0 Å². The number of halogens is 6. The van der Waals surface area contributed by atoms with Crippen LogP contribution in [-0.4, -0.2) is 15.4 Å². The minimum absolute atomic E-state index is 0.103. The number of aromatic nitrogens is 3. The van der Waals surface area contributed by atoms with Gasteiger partial charge in [-0.2, -0.15) is 28.6 Å². The Bertz CT molecular complexity index is 563. The van der Waals surface area contributed by atoms with E-state index in [1.54, 1.807) is 0 Å². The third-order valence-electron chi connectivity index (χ3n) is 1.88. The summed E-state index contributed by atoms with van der Waals surface area (Å²) in [4.78, 5) is 0. The van der Waals surface area contributed by atoms with Crippen LogP contribution >= 0.6 is 47.8 Å². The number of fused-ring (bicyclic) bond motifs is 1. The van der Waals surface area contributed by atoms with Crippen LogP contribution in [0.2, 0.25) is 0 Å². The first kappa shape index (κ1) is 12.3. The Morgan fingerprint density at radius 3 is 1.88 bits per heavy atom. The molecule has 0 aliphatic heterocycles. The predicted molar refractivity (Wildman–Crippen MR) is 62.0 cm³/mol. The molecule has 0 bridgehead atoms. The smallest absolute Gasteiger partial charge is 0.197 e. The zero-order chi connectivity index (χ0) is 12.1. The normalized spacial score (nSPS) is 12.4. The summed E-state index contributed by atoms with van der Waals surface area (Å²) in [5.41, 5.74) is -0.366. The van der Waals surface area contributed by atoms with Gasteiger partial charge in [-0.25, -0.2) is 0 Å². The lowest BCUT2D eigenvalue weighted by Crippen LogP contribution is -2.08. The number of nitrogens with zero attached hydrogens (tertiary/aromatic N) is 2. The van der Waals surface area contributed by atoms with Crippen LogP contribution in [0.4, 0.5) is 13.2 Å². The largest absolute Gasteiger partial charge is 0.418 e. The molecular formula is C7HBr3F3N3. The number of hydrogen-bond donors (Lipinski definition) is 1. The average Bonchev–Trinajstić information content (AvgIpc) is 2.61. The monoisotopic (exact) mass is 421 g/mol. The molecule has 1 aromatic carbocycles. The van der Waals surface area contributed by atoms with Gasteiger partial charge in [0.15, 0.2) is 0 Å². The van der Waals surface area contributed by atoms with Gasteiger partial charge in [-0.3, -0.25) is 0 Å². The van der Waals surface area contributed by atoms with Crippen molar-refractivity contribution in [2.45, 2.75) is 6.18 Å². The summed E-state index contributed by atoms with van der Waals surface area (Å²) >= 11 is 8.83. The van der Waals surface area contributed by atoms with Gasteiger partial charge >= 0.3 is 6.18 Å². The molecule has 86 valence electrons. The molecule has 16 heavy (non-hydrogen) atoms. The lowest BCUT2D eigenvalue weighted by Gasteiger charge is -2.12. The van der Waals surface area contributed by atoms with Crippen LogP contribution in [0.15, 0.2) is 13.4 Å². The zero-order valence-corrected chi connectivity index (χ0v) is 11.9. The van der Waals surface area contributed by atoms with Crippen LogP contribution in [0.1, 0.15) is 5.56 Å². The maximum absolute atomic E-state index is 12.8. The van der Waals surface area contributed by atoms with Crippen molar-refractivity contribution in [2.75, 3.05) is 0 Å². The molecule has 0 unspecified atom stereocenters. The fourth-order valence-electron chi connectivity index (χ4n) is 1.21. The molecule has 0 saturated heterocycles. The van der Waals surface area contributed by atoms with E-state index in [0.29, 0.717) is 5.52 Å². The number of H-pyrrole nitrogens is 1. The minimum Gasteiger partial charge on any atom is -0.197 e. The third-order valence-corrected chi connectivity index (χ3v) is 4.75. The Morgan fingerprint density at radius 2 is 1.38 bits per heavy atom. The molecule has 9 heteroatoms. The van der Waals surface area contributed by atoms with Crippen LogP contribution < -0.4 is 0 Å². The fraction of sp³-hybridized carbons (Fsp3) is 0.143. The Labute approximate surface area is 112 Å². The molecule has 2 aromatic rings. The second-order valence-electron chi connectivity index (χ2n) is 2.84. The van der Waals surface area contributed by atoms with E-state index in [4.69, 9.17) is 0 Å². The van der Waals surface area contributed by atoms with Crippen molar-refractivity contribution in [2.24, 2.45) is 0 Å². The molecule has 1 N–H and O–H groups in total. The Hall–Kier alpha value is -0.150. The van der Waals surface area contributed by atoms with E-state index < -0.39 is 11.7 Å². The standard InChI is InChI=1S/C7HBr3F3N3/c8-2-1(7(11,12)13)3(9)5-6(4(2)10)15-16-14-5/h(H,14,15,16). The van der Waals surface area contributed by atoms with Gasteiger partial charge in [0.05, 0.1) is 14.5 Å². The summed E-state index contributed by atoms with van der Waals surface area (Å²) < 4.78 is 38.3. The first-order valence-corrected chi connectivity index (χ1v) is 6.16. The number of alkyl halides is 3. The Balaban J connectivity index is 2.94. The van der Waals surface area contributed by atoms with Crippen LogP contribution in [0, 0.1) is 0 Å². The van der Waals surface area contributed by atoms with Crippen LogP contribution in [0.5, 0.6) is 0 Å². The van der Waals surface area contributed by atoms with Crippen molar-refractivity contribution in [1.29, 1.82) is 0 Å². The van der Waals surface area contributed by atoms with Gasteiger partial charge in [-0.1, -0.05) is 0 Å². The molecular weight excluding hydrogens is 423 g/mol. The van der Waals surface area contributed by atoms with Crippen molar-refractivity contribution in [3.63, 3.8) is 0 Å². The van der Waals surface area contributed by atoms with Crippen molar-refractivity contribution in [1.82, 2.24) is 15.4 Å². The molecule has 2 rings (SSSR count). The second-order valence-corrected chi connectivity index (χ2v) is 5.21. The molecule has 3 nitrogen and oxygen atoms in total. The summed E-state index contributed by atoms with van der Waals surface area (Å²) in [6.45, 7) is 0. The Morgan fingerprint density at radius 1 is 0.875 bits per heavy atom. The molecule has 0 aliphatic carbocycles. The lowest BCUT2D eigenvalue weighted by molar-refractivity contribution is -0.138. The fourth-order valence-corrected chi connectivity index (χ4v) is 3.27. The van der Waals surface area contributed by atoms with Gasteiger partial charge in [0, 0.05) is 4.47 Å². The zero-order valence-electron chi connectivity index (χ0n) is 7.16. The first-order valence-electron chi connectivity index (χ1n) is 3.78. The molecule has 0 aliphatic rings. The highest BCUT2D eigenvalue weighted by Gasteiger charge is 2.38. The highest BCUT2D eigenvalue weighted by Crippen LogP contribution is 2.46. The number of aromatic amines is 1. The van der Waals surface area contributed by atoms with Gasteiger partial charge in [0.25, 0.3) is 0 Å². The maximum Gasteiger partial charge on any atom is 0.418 e. The van der Waals surface area contributed by atoms with Gasteiger partial charge < -0.3 is 0 Å². The SMILES string of the molecule is FC(F)(F)c1c(Br)c(Br)c2n[nH]nc2c1Br. The van der Waals surface area contributed by atoms with E-state index in [1.165, 1.54) is 0 Å². The highest BCUT2D eigenvalue weighted by atomic mass is 79.9. The van der Waals surface area contributed by atoms with Gasteiger partial charge in [-0.15, -0.1) is 0 Å². The number of nitrogens with one attached hydrogen (secondary N) is 1. The number of hydrogen-bond acceptors (Lipinski definition) is 2. The molecule has 1 heterocycles. The number of rotatable bonds is 0. The molecule has 0 atom stereocenters. The van der Waals surface area contributed by atoms with E-state index in [0.717, 1.165) is 0 Å². The third kappa shape index (κ3) is 1.78. The highest BCUT2D eigenvalue weighted by molar-refractivity contribution is 9.13. The van der Waals surface area contributed by atoms with E-state index in [2.05, 4.69) is 63.2 Å². The topological polar surface area (TPSA) is 41.6 Å². The van der Waals surface area contributed by atoms with Gasteiger partial charge in [0.1, 0.15) is 11.0 Å². The van der Waals surface area contributed by atoms with Crippen LogP contribution in [0.25, 0.3) is 11.0 Å². The van der Waals surface area contributed by atoms with Crippen molar-refractivity contribution >= 4 is 58.8 Å². The van der Waals surface area contributed by atoms with E-state index in [-0.39, 0.29) is 18.9 Å². The minimum atomic E-state index is -4.48. The quantitative estimate of drug-likeness (QED) is 0.643. The van der Waals surface area contributed by atoms with Gasteiger partial charge in [-0.05, 0) is 47.8 Å². The molecule has 0 fully saturated rings.